The number of Topliss-reactive ketones (excluding diaryl/α,β-unsaturated/α-hetero) is 1. The molecule has 0 amide bonds. The van der Waals surface area contributed by atoms with Gasteiger partial charge in [-0.25, -0.2) is 4.98 Å². The van der Waals surface area contributed by atoms with E-state index in [0.29, 0.717) is 21.2 Å². The number of rotatable bonds is 4. The molecule has 0 bridgehead atoms. The van der Waals surface area contributed by atoms with Gasteiger partial charge in [0.1, 0.15) is 22.7 Å². The van der Waals surface area contributed by atoms with Crippen molar-refractivity contribution in [3.05, 3.63) is 51.3 Å². The van der Waals surface area contributed by atoms with Crippen LogP contribution in [0.5, 0.6) is 5.75 Å². The molecule has 2 heterocycles. The van der Waals surface area contributed by atoms with Gasteiger partial charge in [0.05, 0.1) is 9.95 Å². The molecule has 1 atom stereocenters. The summed E-state index contributed by atoms with van der Waals surface area (Å²) in [6, 6.07) is 9.12. The molecule has 2 aromatic rings. The molecule has 1 aromatic carbocycles. The van der Waals surface area contributed by atoms with E-state index >= 15 is 0 Å². The molecule has 1 N–H and O–H groups in total. The highest BCUT2D eigenvalue weighted by atomic mass is 32.2. The van der Waals surface area contributed by atoms with Gasteiger partial charge in [-0.05, 0) is 12.1 Å². The number of carbonyl (C=O) groups is 1. The van der Waals surface area contributed by atoms with Gasteiger partial charge >= 0.3 is 0 Å². The summed E-state index contributed by atoms with van der Waals surface area (Å²) in [6.45, 7) is -0.0567. The number of nitrogens with one attached hydrogen (secondary N) is 1. The van der Waals surface area contributed by atoms with Gasteiger partial charge in [-0.2, -0.15) is 5.26 Å². The van der Waals surface area contributed by atoms with Crippen LogP contribution in [0.25, 0.3) is 6.08 Å². The normalized spacial score (nSPS) is 19.1. The van der Waals surface area contributed by atoms with Gasteiger partial charge in [-0.3, -0.25) is 10.2 Å². The van der Waals surface area contributed by atoms with Gasteiger partial charge in [0.25, 0.3) is 0 Å². The lowest BCUT2D eigenvalue weighted by atomic mass is 10.0. The number of benzene rings is 1. The molecule has 1 aromatic heterocycles. The minimum absolute atomic E-state index is 0.0567. The second-order valence-electron chi connectivity index (χ2n) is 4.63. The zero-order valence-electron chi connectivity index (χ0n) is 11.9. The third kappa shape index (κ3) is 3.18. The summed E-state index contributed by atoms with van der Waals surface area (Å²) in [7, 11) is 0. The van der Waals surface area contributed by atoms with Crippen LogP contribution < -0.4 is 4.74 Å². The quantitative estimate of drug-likeness (QED) is 0.861. The van der Waals surface area contributed by atoms with Gasteiger partial charge in [-0.1, -0.05) is 30.0 Å². The molecule has 0 aliphatic carbocycles. The van der Waals surface area contributed by atoms with Gasteiger partial charge in [0.2, 0.25) is 0 Å². The summed E-state index contributed by atoms with van der Waals surface area (Å²) in [5.41, 5.74) is 0.714. The number of nitrogens with zero attached hydrogens (tertiary/aromatic N) is 2. The molecular weight excluding hydrogens is 330 g/mol. The fourth-order valence-corrected chi connectivity index (χ4v) is 3.97. The maximum atomic E-state index is 12.6. The number of para-hydroxylation sites is 1. The summed E-state index contributed by atoms with van der Waals surface area (Å²) in [5.74, 6) is -0.178. The molecule has 0 spiro atoms. The van der Waals surface area contributed by atoms with Crippen molar-refractivity contribution < 1.29 is 9.53 Å². The summed E-state index contributed by atoms with van der Waals surface area (Å²) in [6.07, 6.45) is 3.35. The van der Waals surface area contributed by atoms with Crippen LogP contribution in [0.3, 0.4) is 0 Å². The van der Waals surface area contributed by atoms with E-state index in [1.54, 1.807) is 29.8 Å². The predicted octanol–water partition coefficient (Wildman–Crippen LogP) is 3.46. The van der Waals surface area contributed by atoms with E-state index < -0.39 is 5.92 Å². The van der Waals surface area contributed by atoms with E-state index in [4.69, 9.17) is 15.4 Å². The molecular formula is C16H11N3O2S2. The Morgan fingerprint density at radius 1 is 1.43 bits per heavy atom. The average molecular weight is 341 g/mol. The average Bonchev–Trinajstić information content (AvgIpc) is 3.15. The number of carbonyl (C=O) groups excluding carboxylic acids is 1. The molecule has 5 nitrogen and oxygen atoms in total. The summed E-state index contributed by atoms with van der Waals surface area (Å²) >= 11 is 2.52. The van der Waals surface area contributed by atoms with Crippen molar-refractivity contribution in [2.45, 2.75) is 5.92 Å². The van der Waals surface area contributed by atoms with Gasteiger partial charge < -0.3 is 4.74 Å². The number of aromatic nitrogens is 1. The minimum Gasteiger partial charge on any atom is -0.478 e. The molecule has 1 aliphatic rings. The maximum Gasteiger partial charge on any atom is 0.186 e. The van der Waals surface area contributed by atoms with Crippen molar-refractivity contribution in [3.8, 4) is 11.8 Å². The highest BCUT2D eigenvalue weighted by molar-refractivity contribution is 8.19. The SMILES string of the molecule is N#CCOc1ccccc1C=C1SC(=N)C(c2nccs2)C1=O. The van der Waals surface area contributed by atoms with Crippen molar-refractivity contribution in [3.63, 3.8) is 0 Å². The molecule has 1 aliphatic heterocycles. The topological polar surface area (TPSA) is 86.8 Å². The Bertz CT molecular complexity index is 822. The Kier molecular flexibility index (Phi) is 4.55. The fraction of sp³-hybridized carbons (Fsp3) is 0.125. The van der Waals surface area contributed by atoms with E-state index in [2.05, 4.69) is 4.98 Å². The first kappa shape index (κ1) is 15.5. The summed E-state index contributed by atoms with van der Waals surface area (Å²) in [4.78, 5) is 17.2. The molecule has 1 saturated heterocycles. The number of thioether (sulfide) groups is 1. The Morgan fingerprint density at radius 3 is 3.00 bits per heavy atom. The van der Waals surface area contributed by atoms with Crippen LogP contribution in [0, 0.1) is 16.7 Å². The lowest BCUT2D eigenvalue weighted by Gasteiger charge is -2.06. The standard InChI is InChI=1S/C16H11N3O2S2/c17-5-7-21-11-4-2-1-3-10(11)9-12-14(20)13(15(18)23-12)16-19-6-8-22-16/h1-4,6,8-9,13,18H,7H2. The van der Waals surface area contributed by atoms with Crippen LogP contribution in [0.4, 0.5) is 0 Å². The zero-order valence-corrected chi connectivity index (χ0v) is 13.5. The number of nitriles is 1. The van der Waals surface area contributed by atoms with Gasteiger partial charge in [0, 0.05) is 17.1 Å². The second-order valence-corrected chi connectivity index (χ2v) is 6.64. The van der Waals surface area contributed by atoms with Crippen LogP contribution in [0.2, 0.25) is 0 Å². The fourth-order valence-electron chi connectivity index (χ4n) is 2.17. The number of ketones is 1. The molecule has 3 rings (SSSR count). The molecule has 7 heteroatoms. The number of allylic oxidation sites excluding steroid dienone is 1. The van der Waals surface area contributed by atoms with E-state index in [1.807, 2.05) is 18.2 Å². The van der Waals surface area contributed by atoms with Crippen molar-refractivity contribution in [1.29, 1.82) is 10.7 Å². The number of thiazole rings is 1. The third-order valence-electron chi connectivity index (χ3n) is 3.18. The highest BCUT2D eigenvalue weighted by Crippen LogP contribution is 2.41. The minimum atomic E-state index is -0.599. The van der Waals surface area contributed by atoms with Crippen LogP contribution in [0.15, 0.2) is 40.7 Å². The van der Waals surface area contributed by atoms with Crippen molar-refractivity contribution in [2.75, 3.05) is 6.61 Å². The molecule has 0 saturated carbocycles. The first-order valence-electron chi connectivity index (χ1n) is 6.71. The maximum absolute atomic E-state index is 12.6. The first-order valence-corrected chi connectivity index (χ1v) is 8.40. The van der Waals surface area contributed by atoms with Crippen molar-refractivity contribution >= 4 is 40.0 Å². The summed E-state index contributed by atoms with van der Waals surface area (Å²) in [5, 5.41) is 19.4. The van der Waals surface area contributed by atoms with E-state index in [1.165, 1.54) is 11.3 Å². The molecule has 1 unspecified atom stereocenters. The monoisotopic (exact) mass is 341 g/mol. The van der Waals surface area contributed by atoms with Gasteiger partial charge in [0.15, 0.2) is 12.4 Å². The number of hydrogen-bond donors (Lipinski definition) is 1. The first-order chi connectivity index (χ1) is 11.2. The summed E-state index contributed by atoms with van der Waals surface area (Å²) < 4.78 is 5.37. The Morgan fingerprint density at radius 2 is 2.26 bits per heavy atom. The molecule has 114 valence electrons. The van der Waals surface area contributed by atoms with E-state index in [0.717, 1.165) is 11.8 Å². The largest absolute Gasteiger partial charge is 0.478 e. The predicted molar refractivity (Wildman–Crippen MR) is 90.7 cm³/mol. The molecule has 23 heavy (non-hydrogen) atoms. The van der Waals surface area contributed by atoms with Crippen LogP contribution in [0.1, 0.15) is 16.5 Å². The number of hydrogen-bond acceptors (Lipinski definition) is 7. The van der Waals surface area contributed by atoms with Crippen LogP contribution in [-0.2, 0) is 4.79 Å². The highest BCUT2D eigenvalue weighted by Gasteiger charge is 2.38. The molecule has 1 fully saturated rings. The smallest absolute Gasteiger partial charge is 0.186 e. The van der Waals surface area contributed by atoms with Crippen molar-refractivity contribution in [2.24, 2.45) is 0 Å². The lowest BCUT2D eigenvalue weighted by Crippen LogP contribution is -2.11. The van der Waals surface area contributed by atoms with Crippen LogP contribution >= 0.6 is 23.1 Å². The number of ether oxygens (including phenoxy) is 1. The van der Waals surface area contributed by atoms with Gasteiger partial charge in [-0.15, -0.1) is 11.3 Å². The third-order valence-corrected chi connectivity index (χ3v) is 5.02. The lowest BCUT2D eigenvalue weighted by molar-refractivity contribution is -0.114. The Hall–Kier alpha value is -2.43. The van der Waals surface area contributed by atoms with Crippen molar-refractivity contribution in [1.82, 2.24) is 4.98 Å². The second kappa shape index (κ2) is 6.77. The molecule has 0 radical (unpaired) electrons. The zero-order chi connectivity index (χ0) is 16.2. The Labute approximate surface area is 141 Å². The van der Waals surface area contributed by atoms with E-state index in [9.17, 15) is 4.79 Å². The van der Waals surface area contributed by atoms with E-state index in [-0.39, 0.29) is 17.4 Å². The van der Waals surface area contributed by atoms with Crippen LogP contribution in [-0.4, -0.2) is 22.4 Å². The Balaban J connectivity index is 1.91.